The summed E-state index contributed by atoms with van der Waals surface area (Å²) in [7, 11) is 1.47. The number of nitrogens with zero attached hydrogens (tertiary/aromatic N) is 1. The van der Waals surface area contributed by atoms with Crippen molar-refractivity contribution in [1.29, 1.82) is 0 Å². The number of carbonyl (C=O) groups excluding carboxylic acids is 2. The predicted molar refractivity (Wildman–Crippen MR) is 117 cm³/mol. The number of carbonyl (C=O) groups is 2. The number of para-hydroxylation sites is 2. The quantitative estimate of drug-likeness (QED) is 0.343. The Hall–Kier alpha value is -4.46. The number of anilines is 1. The molecule has 8 heteroatoms. The molecule has 0 aliphatic carbocycles. The second kappa shape index (κ2) is 9.84. The van der Waals surface area contributed by atoms with Crippen molar-refractivity contribution in [2.45, 2.75) is 0 Å². The molecule has 3 aromatic carbocycles. The summed E-state index contributed by atoms with van der Waals surface area (Å²) in [6.45, 7) is 0. The number of hydrogen-bond donors (Lipinski definition) is 2. The molecule has 0 radical (unpaired) electrons. The third-order valence-electron chi connectivity index (χ3n) is 4.28. The number of methoxy groups -OCH3 is 1. The molecule has 0 fully saturated rings. The maximum atomic E-state index is 13.0. The van der Waals surface area contributed by atoms with E-state index in [-0.39, 0.29) is 11.4 Å². The summed E-state index contributed by atoms with van der Waals surface area (Å²) < 4.78 is 5.24. The summed E-state index contributed by atoms with van der Waals surface area (Å²) >= 11 is 0. The van der Waals surface area contributed by atoms with Crippen LogP contribution in [0.15, 0.2) is 84.6 Å². The Balaban J connectivity index is 1.95. The van der Waals surface area contributed by atoms with Crippen molar-refractivity contribution in [2.24, 2.45) is 0 Å². The van der Waals surface area contributed by atoms with Gasteiger partial charge in [0.1, 0.15) is 11.4 Å². The molecule has 0 heterocycles. The Morgan fingerprint density at radius 1 is 0.968 bits per heavy atom. The highest BCUT2D eigenvalue weighted by molar-refractivity contribution is 6.11. The normalized spacial score (nSPS) is 10.8. The van der Waals surface area contributed by atoms with Gasteiger partial charge in [0.2, 0.25) is 0 Å². The zero-order chi connectivity index (χ0) is 22.2. The van der Waals surface area contributed by atoms with Crippen LogP contribution >= 0.6 is 0 Å². The minimum Gasteiger partial charge on any atom is -0.495 e. The van der Waals surface area contributed by atoms with E-state index in [4.69, 9.17) is 4.74 Å². The summed E-state index contributed by atoms with van der Waals surface area (Å²) in [6, 6.07) is 21.0. The molecule has 3 rings (SSSR count). The van der Waals surface area contributed by atoms with Gasteiger partial charge in [0.05, 0.1) is 17.7 Å². The van der Waals surface area contributed by atoms with E-state index in [1.165, 1.54) is 31.4 Å². The summed E-state index contributed by atoms with van der Waals surface area (Å²) in [5.41, 5.74) is 0.937. The molecule has 8 nitrogen and oxygen atoms in total. The first-order chi connectivity index (χ1) is 15.0. The van der Waals surface area contributed by atoms with Crippen molar-refractivity contribution < 1.29 is 19.2 Å². The number of nitrogens with one attached hydrogen (secondary N) is 2. The van der Waals surface area contributed by atoms with Crippen LogP contribution in [0.2, 0.25) is 0 Å². The van der Waals surface area contributed by atoms with Gasteiger partial charge in [0.15, 0.2) is 0 Å². The molecule has 0 saturated carbocycles. The second-order valence-electron chi connectivity index (χ2n) is 6.38. The van der Waals surface area contributed by atoms with Crippen LogP contribution in [0, 0.1) is 10.1 Å². The molecule has 0 aliphatic heterocycles. The summed E-state index contributed by atoms with van der Waals surface area (Å²) in [6.07, 6.45) is 1.37. The Morgan fingerprint density at radius 2 is 1.68 bits per heavy atom. The van der Waals surface area contributed by atoms with Gasteiger partial charge >= 0.3 is 0 Å². The highest BCUT2D eigenvalue weighted by Gasteiger charge is 2.17. The average Bonchev–Trinajstić information content (AvgIpc) is 2.79. The Bertz CT molecular complexity index is 1140. The second-order valence-corrected chi connectivity index (χ2v) is 6.38. The molecule has 156 valence electrons. The number of nitro benzene ring substituents is 1. The molecular formula is C23H19N3O5. The van der Waals surface area contributed by atoms with Gasteiger partial charge in [-0.3, -0.25) is 19.7 Å². The molecule has 31 heavy (non-hydrogen) atoms. The van der Waals surface area contributed by atoms with Gasteiger partial charge in [-0.05, 0) is 35.9 Å². The number of non-ortho nitro benzene ring substituents is 1. The van der Waals surface area contributed by atoms with Crippen LogP contribution in [0.5, 0.6) is 5.75 Å². The fraction of sp³-hybridized carbons (Fsp3) is 0.0435. The Morgan fingerprint density at radius 3 is 2.39 bits per heavy atom. The molecule has 3 aromatic rings. The first-order valence-corrected chi connectivity index (χ1v) is 9.25. The zero-order valence-electron chi connectivity index (χ0n) is 16.6. The number of nitro groups is 1. The molecule has 0 bridgehead atoms. The van der Waals surface area contributed by atoms with Crippen molar-refractivity contribution in [3.05, 3.63) is 106 Å². The fourth-order valence-electron chi connectivity index (χ4n) is 2.77. The lowest BCUT2D eigenvalue weighted by atomic mass is 10.1. The van der Waals surface area contributed by atoms with E-state index in [0.717, 1.165) is 0 Å². The minimum atomic E-state index is -0.611. The Kier molecular flexibility index (Phi) is 6.74. The van der Waals surface area contributed by atoms with Crippen LogP contribution in [-0.2, 0) is 4.79 Å². The summed E-state index contributed by atoms with van der Waals surface area (Å²) in [4.78, 5) is 36.2. The lowest BCUT2D eigenvalue weighted by Gasteiger charge is -2.13. The topological polar surface area (TPSA) is 111 Å². The lowest BCUT2D eigenvalue weighted by Crippen LogP contribution is -2.30. The van der Waals surface area contributed by atoms with E-state index >= 15 is 0 Å². The van der Waals surface area contributed by atoms with Crippen molar-refractivity contribution in [1.82, 2.24) is 5.32 Å². The van der Waals surface area contributed by atoms with Gasteiger partial charge in [-0.2, -0.15) is 0 Å². The largest absolute Gasteiger partial charge is 0.495 e. The van der Waals surface area contributed by atoms with Gasteiger partial charge < -0.3 is 15.4 Å². The smallest absolute Gasteiger partial charge is 0.272 e. The molecule has 2 N–H and O–H groups in total. The highest BCUT2D eigenvalue weighted by Crippen LogP contribution is 2.24. The average molecular weight is 417 g/mol. The monoisotopic (exact) mass is 417 g/mol. The van der Waals surface area contributed by atoms with E-state index < -0.39 is 16.7 Å². The van der Waals surface area contributed by atoms with E-state index in [2.05, 4.69) is 10.6 Å². The van der Waals surface area contributed by atoms with Gasteiger partial charge in [0, 0.05) is 17.7 Å². The molecule has 0 aliphatic rings. The van der Waals surface area contributed by atoms with Crippen molar-refractivity contribution in [3.63, 3.8) is 0 Å². The molecule has 0 aromatic heterocycles. The van der Waals surface area contributed by atoms with E-state index in [0.29, 0.717) is 22.6 Å². The van der Waals surface area contributed by atoms with Crippen LogP contribution in [-0.4, -0.2) is 23.8 Å². The van der Waals surface area contributed by atoms with Crippen molar-refractivity contribution in [2.75, 3.05) is 12.4 Å². The fourth-order valence-corrected chi connectivity index (χ4v) is 2.77. The molecule has 0 saturated heterocycles. The maximum absolute atomic E-state index is 13.0. The van der Waals surface area contributed by atoms with Crippen LogP contribution in [0.4, 0.5) is 11.4 Å². The number of ether oxygens (including phenoxy) is 1. The first-order valence-electron chi connectivity index (χ1n) is 9.25. The van der Waals surface area contributed by atoms with Crippen LogP contribution in [0.3, 0.4) is 0 Å². The molecule has 0 spiro atoms. The highest BCUT2D eigenvalue weighted by atomic mass is 16.6. The van der Waals surface area contributed by atoms with Gasteiger partial charge in [-0.1, -0.05) is 42.5 Å². The number of rotatable bonds is 7. The standard InChI is InChI=1S/C23H19N3O5/c1-31-21-13-6-5-12-19(21)24-23(28)20(25-22(27)17-9-3-2-4-10-17)15-16-8-7-11-18(14-16)26(29)30/h2-15H,1H3,(H,24,28)(H,25,27)/b20-15+. The van der Waals surface area contributed by atoms with Crippen LogP contribution in [0.25, 0.3) is 6.08 Å². The van der Waals surface area contributed by atoms with E-state index in [1.54, 1.807) is 60.7 Å². The maximum Gasteiger partial charge on any atom is 0.272 e. The predicted octanol–water partition coefficient (Wildman–Crippen LogP) is 4.01. The summed E-state index contributed by atoms with van der Waals surface area (Å²) in [5.74, 6) is -0.660. The molecule has 0 atom stereocenters. The molecular weight excluding hydrogens is 398 g/mol. The number of hydrogen-bond acceptors (Lipinski definition) is 5. The Labute approximate surface area is 178 Å². The van der Waals surface area contributed by atoms with Crippen LogP contribution < -0.4 is 15.4 Å². The minimum absolute atomic E-state index is 0.0831. The molecule has 0 unspecified atom stereocenters. The first kappa shape index (κ1) is 21.3. The van der Waals surface area contributed by atoms with Gasteiger partial charge in [-0.25, -0.2) is 0 Å². The zero-order valence-corrected chi connectivity index (χ0v) is 16.6. The SMILES string of the molecule is COc1ccccc1NC(=O)/C(=C\c1cccc([N+](=O)[O-])c1)NC(=O)c1ccccc1. The number of amides is 2. The third kappa shape index (κ3) is 5.54. The van der Waals surface area contributed by atoms with Gasteiger partial charge in [0.25, 0.3) is 17.5 Å². The molecule has 2 amide bonds. The van der Waals surface area contributed by atoms with Crippen molar-refractivity contribution in [3.8, 4) is 5.75 Å². The summed E-state index contributed by atoms with van der Waals surface area (Å²) in [5, 5.41) is 16.4. The van der Waals surface area contributed by atoms with E-state index in [9.17, 15) is 19.7 Å². The van der Waals surface area contributed by atoms with E-state index in [1.807, 2.05) is 0 Å². The van der Waals surface area contributed by atoms with Gasteiger partial charge in [-0.15, -0.1) is 0 Å². The lowest BCUT2D eigenvalue weighted by molar-refractivity contribution is -0.384. The number of benzene rings is 3. The third-order valence-corrected chi connectivity index (χ3v) is 4.28. The van der Waals surface area contributed by atoms with Crippen LogP contribution in [0.1, 0.15) is 15.9 Å². The van der Waals surface area contributed by atoms with Crippen molar-refractivity contribution >= 4 is 29.3 Å².